The summed E-state index contributed by atoms with van der Waals surface area (Å²) in [6.07, 6.45) is 0. The van der Waals surface area contributed by atoms with Crippen LogP contribution in [0, 0.1) is 5.82 Å². The van der Waals surface area contributed by atoms with Crippen molar-refractivity contribution in [2.24, 2.45) is 0 Å². The molecule has 4 aromatic carbocycles. The van der Waals surface area contributed by atoms with E-state index in [4.69, 9.17) is 18.9 Å². The Balaban J connectivity index is 1.63. The number of halogens is 1. The molecule has 2 amide bonds. The lowest BCUT2D eigenvalue weighted by Crippen LogP contribution is -2.42. The highest BCUT2D eigenvalue weighted by Gasteiger charge is 2.34. The van der Waals surface area contributed by atoms with Crippen molar-refractivity contribution < 1.29 is 32.9 Å². The lowest BCUT2D eigenvalue weighted by Gasteiger charge is -2.32. The molecule has 1 aromatic heterocycles. The summed E-state index contributed by atoms with van der Waals surface area (Å²) in [6, 6.07) is 21.8. The van der Waals surface area contributed by atoms with E-state index in [9.17, 15) is 14.0 Å². The van der Waals surface area contributed by atoms with Crippen molar-refractivity contribution in [1.82, 2.24) is 19.9 Å². The minimum absolute atomic E-state index is 0.0386. The molecule has 232 valence electrons. The van der Waals surface area contributed by atoms with Gasteiger partial charge in [-0.05, 0) is 71.8 Å². The van der Waals surface area contributed by atoms with Gasteiger partial charge in [-0.2, -0.15) is 0 Å². The van der Waals surface area contributed by atoms with Crippen LogP contribution in [0.25, 0.3) is 11.0 Å². The Hall–Kier alpha value is -5.65. The molecule has 0 aliphatic rings. The van der Waals surface area contributed by atoms with E-state index in [0.717, 1.165) is 0 Å². The molecule has 45 heavy (non-hydrogen) atoms. The number of rotatable bonds is 12. The van der Waals surface area contributed by atoms with E-state index in [-0.39, 0.29) is 13.1 Å². The van der Waals surface area contributed by atoms with Crippen molar-refractivity contribution in [1.29, 1.82) is 0 Å². The summed E-state index contributed by atoms with van der Waals surface area (Å²) in [4.78, 5) is 30.0. The molecule has 1 N–H and O–H groups in total. The number of benzene rings is 4. The highest BCUT2D eigenvalue weighted by molar-refractivity contribution is 5.98. The van der Waals surface area contributed by atoms with Crippen LogP contribution in [-0.4, -0.2) is 60.1 Å². The van der Waals surface area contributed by atoms with Crippen molar-refractivity contribution >= 4 is 28.5 Å². The molecule has 0 radical (unpaired) electrons. The van der Waals surface area contributed by atoms with Gasteiger partial charge in [0, 0.05) is 12.2 Å². The predicted octanol–water partition coefficient (Wildman–Crippen LogP) is 5.01. The molecule has 0 saturated carbocycles. The molecule has 11 nitrogen and oxygen atoms in total. The molecular formula is C33H32FN5O6. The quantitative estimate of drug-likeness (QED) is 0.209. The zero-order chi connectivity index (χ0) is 31.9. The van der Waals surface area contributed by atoms with Gasteiger partial charge < -0.3 is 29.2 Å². The number of ether oxygens (including phenoxy) is 4. The van der Waals surface area contributed by atoms with Gasteiger partial charge in [0.25, 0.3) is 5.91 Å². The Morgan fingerprint density at radius 2 is 1.53 bits per heavy atom. The highest BCUT2D eigenvalue weighted by Crippen LogP contribution is 2.41. The monoisotopic (exact) mass is 613 g/mol. The topological polar surface area (TPSA) is 117 Å². The van der Waals surface area contributed by atoms with Crippen molar-refractivity contribution in [3.05, 3.63) is 102 Å². The molecule has 0 fully saturated rings. The van der Waals surface area contributed by atoms with E-state index < -0.39 is 23.7 Å². The van der Waals surface area contributed by atoms with E-state index in [1.807, 2.05) is 12.1 Å². The number of para-hydroxylation sites is 1. The summed E-state index contributed by atoms with van der Waals surface area (Å²) in [7, 11) is 5.95. The van der Waals surface area contributed by atoms with Crippen molar-refractivity contribution in [2.75, 3.05) is 33.8 Å². The van der Waals surface area contributed by atoms with E-state index in [1.54, 1.807) is 67.8 Å². The van der Waals surface area contributed by atoms with Crippen LogP contribution < -0.4 is 24.3 Å². The molecule has 1 heterocycles. The number of hydrogen-bond acceptors (Lipinski definition) is 8. The van der Waals surface area contributed by atoms with Gasteiger partial charge in [0.1, 0.15) is 29.7 Å². The Kier molecular flexibility index (Phi) is 9.42. The summed E-state index contributed by atoms with van der Waals surface area (Å²) < 4.78 is 37.2. The maximum Gasteiger partial charge on any atom is 0.251 e. The van der Waals surface area contributed by atoms with Crippen molar-refractivity contribution in [3.8, 4) is 23.0 Å². The minimum atomic E-state index is -1.21. The third-order valence-electron chi connectivity index (χ3n) is 7.21. The average molecular weight is 614 g/mol. The summed E-state index contributed by atoms with van der Waals surface area (Å²) in [5.41, 5.74) is 2.74. The molecule has 5 rings (SSSR count). The number of carbonyl (C=O) groups excluding carboxylic acids is 2. The predicted molar refractivity (Wildman–Crippen MR) is 165 cm³/mol. The van der Waals surface area contributed by atoms with Crippen LogP contribution in [0.3, 0.4) is 0 Å². The van der Waals surface area contributed by atoms with E-state index in [1.165, 1.54) is 43.0 Å². The number of fused-ring (bicyclic) bond motifs is 1. The van der Waals surface area contributed by atoms with Gasteiger partial charge in [-0.25, -0.2) is 9.07 Å². The summed E-state index contributed by atoms with van der Waals surface area (Å²) in [6.45, 7) is -0.262. The minimum Gasteiger partial charge on any atom is -0.497 e. The lowest BCUT2D eigenvalue weighted by molar-refractivity contribution is -0.140. The second-order valence-electron chi connectivity index (χ2n) is 9.96. The summed E-state index contributed by atoms with van der Waals surface area (Å²) >= 11 is 0. The zero-order valence-corrected chi connectivity index (χ0v) is 25.2. The highest BCUT2D eigenvalue weighted by atomic mass is 19.1. The maximum atomic E-state index is 14.3. The van der Waals surface area contributed by atoms with Crippen LogP contribution in [0.4, 0.5) is 10.1 Å². The smallest absolute Gasteiger partial charge is 0.251 e. The van der Waals surface area contributed by atoms with Gasteiger partial charge in [-0.15, -0.1) is 5.10 Å². The molecule has 0 aliphatic carbocycles. The number of methoxy groups -OCH3 is 4. The molecule has 0 saturated heterocycles. The molecule has 5 aromatic rings. The van der Waals surface area contributed by atoms with Crippen LogP contribution in [0.5, 0.6) is 23.0 Å². The fourth-order valence-corrected chi connectivity index (χ4v) is 4.98. The number of nitrogens with zero attached hydrogens (tertiary/aromatic N) is 4. The largest absolute Gasteiger partial charge is 0.497 e. The van der Waals surface area contributed by atoms with Gasteiger partial charge in [0.2, 0.25) is 11.7 Å². The number of amides is 2. The fraction of sp³-hybridized carbons (Fsp3) is 0.212. The van der Waals surface area contributed by atoms with Crippen LogP contribution in [0.1, 0.15) is 17.2 Å². The first-order chi connectivity index (χ1) is 21.8. The number of hydrogen-bond donors (Lipinski definition) is 1. The number of nitrogens with one attached hydrogen (secondary N) is 1. The molecular weight excluding hydrogens is 581 g/mol. The second kappa shape index (κ2) is 13.8. The number of carbonyl (C=O) groups is 2. The summed E-state index contributed by atoms with van der Waals surface area (Å²) in [5, 5.41) is 11.3. The molecule has 1 atom stereocenters. The third kappa shape index (κ3) is 6.80. The third-order valence-corrected chi connectivity index (χ3v) is 7.21. The first kappa shape index (κ1) is 30.8. The van der Waals surface area contributed by atoms with E-state index >= 15 is 0 Å². The Bertz CT molecular complexity index is 1770. The van der Waals surface area contributed by atoms with Crippen LogP contribution in [0.15, 0.2) is 84.9 Å². The van der Waals surface area contributed by atoms with Gasteiger partial charge >= 0.3 is 0 Å². The normalized spacial score (nSPS) is 11.5. The fourth-order valence-electron chi connectivity index (χ4n) is 4.98. The lowest BCUT2D eigenvalue weighted by atomic mass is 10.0. The molecule has 1 unspecified atom stereocenters. The van der Waals surface area contributed by atoms with Gasteiger partial charge in [0.15, 0.2) is 11.5 Å². The van der Waals surface area contributed by atoms with Gasteiger partial charge in [-0.1, -0.05) is 29.5 Å². The molecule has 0 bridgehead atoms. The zero-order valence-electron chi connectivity index (χ0n) is 25.2. The van der Waals surface area contributed by atoms with E-state index in [0.29, 0.717) is 50.8 Å². The van der Waals surface area contributed by atoms with Gasteiger partial charge in [0.05, 0.1) is 34.0 Å². The van der Waals surface area contributed by atoms with Crippen LogP contribution >= 0.6 is 0 Å². The van der Waals surface area contributed by atoms with Crippen molar-refractivity contribution in [2.45, 2.75) is 19.1 Å². The Labute approximate surface area is 259 Å². The Morgan fingerprint density at radius 1 is 0.867 bits per heavy atom. The molecule has 0 spiro atoms. The first-order valence-electron chi connectivity index (χ1n) is 13.9. The molecule has 12 heteroatoms. The van der Waals surface area contributed by atoms with Crippen molar-refractivity contribution in [3.63, 3.8) is 0 Å². The maximum absolute atomic E-state index is 14.3. The number of anilines is 1. The standard InChI is InChI=1S/C33H32FN5O6/c1-42-25-15-13-24(14-16-25)35-33(41)31(22-17-28(43-2)32(45-4)29(18-22)44-3)38(19-21-9-11-23(34)12-10-21)30(40)20-39-27-8-6-5-7-26(27)36-37-39/h5-18,31H,19-20H2,1-4H3,(H,35,41). The van der Waals surface area contributed by atoms with Crippen LogP contribution in [-0.2, 0) is 22.7 Å². The second-order valence-corrected chi connectivity index (χ2v) is 9.96. The van der Waals surface area contributed by atoms with E-state index in [2.05, 4.69) is 15.6 Å². The van der Waals surface area contributed by atoms with Crippen LogP contribution in [0.2, 0.25) is 0 Å². The number of aromatic nitrogens is 3. The van der Waals surface area contributed by atoms with Gasteiger partial charge in [-0.3, -0.25) is 9.59 Å². The SMILES string of the molecule is COc1ccc(NC(=O)C(c2cc(OC)c(OC)c(OC)c2)N(Cc2ccc(F)cc2)C(=O)Cn2nnc3ccccc32)cc1. The summed E-state index contributed by atoms with van der Waals surface area (Å²) in [5.74, 6) is 0.137. The average Bonchev–Trinajstić information content (AvgIpc) is 3.47. The molecule has 0 aliphatic heterocycles. The Morgan fingerprint density at radius 3 is 2.16 bits per heavy atom. The first-order valence-corrected chi connectivity index (χ1v) is 13.9.